The summed E-state index contributed by atoms with van der Waals surface area (Å²) < 4.78 is 19.8. The molecule has 1 aromatic rings. The van der Waals surface area contributed by atoms with E-state index in [-0.39, 0.29) is 36.6 Å². The number of amides is 2. The molecular weight excluding hydrogens is 323 g/mol. The first-order valence-corrected chi connectivity index (χ1v) is 8.49. The van der Waals surface area contributed by atoms with E-state index in [0.717, 1.165) is 0 Å². The Bertz CT molecular complexity index is 694. The summed E-state index contributed by atoms with van der Waals surface area (Å²) in [6.07, 6.45) is 2.16. The van der Waals surface area contributed by atoms with Crippen LogP contribution in [0.3, 0.4) is 0 Å². The lowest BCUT2D eigenvalue weighted by atomic mass is 10.1. The number of carbonyl (C=O) groups excluding carboxylic acids is 2. The van der Waals surface area contributed by atoms with Gasteiger partial charge in [-0.15, -0.1) is 0 Å². The molecular formula is C19H23FN2O3. The predicted molar refractivity (Wildman–Crippen MR) is 91.8 cm³/mol. The van der Waals surface area contributed by atoms with E-state index in [1.54, 1.807) is 30.3 Å². The van der Waals surface area contributed by atoms with E-state index in [0.29, 0.717) is 24.2 Å². The molecule has 0 saturated carbocycles. The van der Waals surface area contributed by atoms with Gasteiger partial charge in [-0.2, -0.15) is 0 Å². The Balaban J connectivity index is 1.55. The average Bonchev–Trinajstić information content (AvgIpc) is 2.97. The topological polar surface area (TPSA) is 49.9 Å². The van der Waals surface area contributed by atoms with Gasteiger partial charge in [0.25, 0.3) is 11.8 Å². The van der Waals surface area contributed by atoms with Crippen molar-refractivity contribution in [1.82, 2.24) is 9.80 Å². The number of allylic oxidation sites excluding steroid dienone is 1. The van der Waals surface area contributed by atoms with Crippen molar-refractivity contribution in [2.45, 2.75) is 38.5 Å². The first-order chi connectivity index (χ1) is 11.8. The Labute approximate surface area is 147 Å². The van der Waals surface area contributed by atoms with Crippen LogP contribution in [0.2, 0.25) is 0 Å². The minimum atomic E-state index is -0.401. The van der Waals surface area contributed by atoms with Crippen molar-refractivity contribution in [1.29, 1.82) is 0 Å². The van der Waals surface area contributed by atoms with Crippen molar-refractivity contribution in [2.24, 2.45) is 0 Å². The largest absolute Gasteiger partial charge is 0.359 e. The van der Waals surface area contributed by atoms with Crippen LogP contribution in [0.4, 0.5) is 4.39 Å². The number of nitrogens with zero attached hydrogens (tertiary/aromatic N) is 2. The first kappa shape index (κ1) is 17.8. The van der Waals surface area contributed by atoms with Gasteiger partial charge in [0.2, 0.25) is 0 Å². The highest BCUT2D eigenvalue weighted by molar-refractivity contribution is 6.21. The average molecular weight is 346 g/mol. The highest BCUT2D eigenvalue weighted by atomic mass is 19.1. The second-order valence-corrected chi connectivity index (χ2v) is 6.96. The van der Waals surface area contributed by atoms with E-state index in [4.69, 9.17) is 4.74 Å². The maximum atomic E-state index is 14.2. The summed E-state index contributed by atoms with van der Waals surface area (Å²) in [6, 6.07) is 6.66. The molecule has 3 rings (SSSR count). The van der Waals surface area contributed by atoms with Gasteiger partial charge in [-0.05, 0) is 45.5 Å². The standard InChI is InChI=1S/C19H23FN2O3/c1-19(2)21(3)14(12-25-19)11-13(20)7-6-10-22-17(23)15-8-4-5-9-16(15)18(22)24/h4-5,8-9,11,14H,6-7,10,12H2,1-3H3/b13-11+/t14-/m0/s1. The number of fused-ring (bicyclic) bond motifs is 1. The van der Waals surface area contributed by atoms with Crippen LogP contribution in [0.5, 0.6) is 0 Å². The smallest absolute Gasteiger partial charge is 0.261 e. The van der Waals surface area contributed by atoms with E-state index in [9.17, 15) is 14.0 Å². The van der Waals surface area contributed by atoms with Gasteiger partial charge in [0.15, 0.2) is 0 Å². The third kappa shape index (κ3) is 3.37. The number of imide groups is 1. The molecule has 1 atom stereocenters. The zero-order valence-corrected chi connectivity index (χ0v) is 14.8. The number of ether oxygens (including phenoxy) is 1. The molecule has 2 aliphatic heterocycles. The Morgan fingerprint density at radius 3 is 2.40 bits per heavy atom. The molecule has 0 aromatic heterocycles. The fourth-order valence-corrected chi connectivity index (χ4v) is 3.20. The van der Waals surface area contributed by atoms with Crippen LogP contribution in [-0.4, -0.2) is 53.6 Å². The van der Waals surface area contributed by atoms with Crippen LogP contribution in [0.1, 0.15) is 47.4 Å². The maximum Gasteiger partial charge on any atom is 0.261 e. The molecule has 0 radical (unpaired) electrons. The zero-order valence-electron chi connectivity index (χ0n) is 14.8. The molecule has 0 unspecified atom stereocenters. The van der Waals surface area contributed by atoms with E-state index >= 15 is 0 Å². The molecule has 25 heavy (non-hydrogen) atoms. The molecule has 6 heteroatoms. The Morgan fingerprint density at radius 1 is 1.28 bits per heavy atom. The van der Waals surface area contributed by atoms with Crippen molar-refractivity contribution in [3.63, 3.8) is 0 Å². The van der Waals surface area contributed by atoms with Gasteiger partial charge in [0, 0.05) is 13.0 Å². The second-order valence-electron chi connectivity index (χ2n) is 6.96. The van der Waals surface area contributed by atoms with Gasteiger partial charge in [-0.25, -0.2) is 4.39 Å². The number of likely N-dealkylation sites (N-methyl/N-ethyl adjacent to an activating group) is 1. The summed E-state index contributed by atoms with van der Waals surface area (Å²) in [4.78, 5) is 27.7. The van der Waals surface area contributed by atoms with Crippen molar-refractivity contribution >= 4 is 11.8 Å². The Morgan fingerprint density at radius 2 is 1.88 bits per heavy atom. The molecule has 2 heterocycles. The van der Waals surface area contributed by atoms with Crippen LogP contribution in [0.25, 0.3) is 0 Å². The van der Waals surface area contributed by atoms with E-state index in [1.165, 1.54) is 4.90 Å². The molecule has 0 aliphatic carbocycles. The van der Waals surface area contributed by atoms with E-state index < -0.39 is 5.72 Å². The number of halogens is 1. The summed E-state index contributed by atoms with van der Waals surface area (Å²) in [7, 11) is 1.90. The van der Waals surface area contributed by atoms with Crippen LogP contribution in [0, 0.1) is 0 Å². The molecule has 1 fully saturated rings. The number of hydrogen-bond acceptors (Lipinski definition) is 4. The van der Waals surface area contributed by atoms with Gasteiger partial charge < -0.3 is 4.74 Å². The van der Waals surface area contributed by atoms with E-state index in [1.807, 2.05) is 25.8 Å². The summed E-state index contributed by atoms with van der Waals surface area (Å²) in [5.41, 5.74) is 0.452. The van der Waals surface area contributed by atoms with Crippen molar-refractivity contribution in [3.8, 4) is 0 Å². The minimum Gasteiger partial charge on any atom is -0.359 e. The molecule has 134 valence electrons. The van der Waals surface area contributed by atoms with Crippen LogP contribution >= 0.6 is 0 Å². The molecule has 0 spiro atoms. The minimum absolute atomic E-state index is 0.102. The van der Waals surface area contributed by atoms with Gasteiger partial charge >= 0.3 is 0 Å². The van der Waals surface area contributed by atoms with Crippen LogP contribution in [-0.2, 0) is 4.74 Å². The fraction of sp³-hybridized carbons (Fsp3) is 0.474. The zero-order chi connectivity index (χ0) is 18.2. The fourth-order valence-electron chi connectivity index (χ4n) is 3.20. The lowest BCUT2D eigenvalue weighted by Gasteiger charge is -2.28. The van der Waals surface area contributed by atoms with Gasteiger partial charge in [-0.1, -0.05) is 12.1 Å². The number of benzene rings is 1. The number of carbonyl (C=O) groups is 2. The third-order valence-corrected chi connectivity index (χ3v) is 5.00. The SMILES string of the molecule is CN1[C@@H](/C=C(/F)CCCN2C(=O)c3ccccc3C2=O)COC1(C)C. The summed E-state index contributed by atoms with van der Waals surface area (Å²) >= 11 is 0. The lowest BCUT2D eigenvalue weighted by Crippen LogP contribution is -2.39. The van der Waals surface area contributed by atoms with Crippen molar-refractivity contribution in [2.75, 3.05) is 20.2 Å². The van der Waals surface area contributed by atoms with Gasteiger partial charge in [-0.3, -0.25) is 19.4 Å². The van der Waals surface area contributed by atoms with Gasteiger partial charge in [0.05, 0.1) is 29.6 Å². The summed E-state index contributed by atoms with van der Waals surface area (Å²) in [5.74, 6) is -0.832. The molecule has 5 nitrogen and oxygen atoms in total. The molecule has 2 amide bonds. The Hall–Kier alpha value is -2.05. The first-order valence-electron chi connectivity index (χ1n) is 8.49. The molecule has 2 aliphatic rings. The number of hydrogen-bond donors (Lipinski definition) is 0. The molecule has 1 aromatic carbocycles. The molecule has 0 bridgehead atoms. The quantitative estimate of drug-likeness (QED) is 0.769. The number of rotatable bonds is 5. The predicted octanol–water partition coefficient (Wildman–Crippen LogP) is 2.98. The molecule has 0 N–H and O–H groups in total. The maximum absolute atomic E-state index is 14.2. The van der Waals surface area contributed by atoms with E-state index in [2.05, 4.69) is 0 Å². The summed E-state index contributed by atoms with van der Waals surface area (Å²) in [5, 5.41) is 0. The normalized spacial score (nSPS) is 23.4. The third-order valence-electron chi connectivity index (χ3n) is 5.00. The van der Waals surface area contributed by atoms with Crippen molar-refractivity contribution in [3.05, 3.63) is 47.3 Å². The highest BCUT2D eigenvalue weighted by Gasteiger charge is 2.37. The highest BCUT2D eigenvalue weighted by Crippen LogP contribution is 2.27. The van der Waals surface area contributed by atoms with Crippen LogP contribution in [0.15, 0.2) is 36.2 Å². The van der Waals surface area contributed by atoms with Crippen molar-refractivity contribution < 1.29 is 18.7 Å². The van der Waals surface area contributed by atoms with Gasteiger partial charge in [0.1, 0.15) is 5.72 Å². The second kappa shape index (κ2) is 6.69. The lowest BCUT2D eigenvalue weighted by molar-refractivity contribution is -0.0402. The Kier molecular flexibility index (Phi) is 4.75. The van der Waals surface area contributed by atoms with Crippen LogP contribution < -0.4 is 0 Å². The monoisotopic (exact) mass is 346 g/mol. The molecule has 1 saturated heterocycles. The summed E-state index contributed by atoms with van der Waals surface area (Å²) in [6.45, 7) is 4.56.